The van der Waals surface area contributed by atoms with Crippen LogP contribution in [0, 0.1) is 28.8 Å². The summed E-state index contributed by atoms with van der Waals surface area (Å²) >= 11 is 0. The van der Waals surface area contributed by atoms with Crippen LogP contribution in [0.1, 0.15) is 29.9 Å². The summed E-state index contributed by atoms with van der Waals surface area (Å²) in [5.74, 6) is -1.16. The summed E-state index contributed by atoms with van der Waals surface area (Å²) in [7, 11) is -2.67. The molecule has 38 heavy (non-hydrogen) atoms. The molecule has 0 atom stereocenters. The van der Waals surface area contributed by atoms with Crippen LogP contribution < -0.4 is 10.1 Å². The molecule has 3 aromatic rings. The van der Waals surface area contributed by atoms with Crippen molar-refractivity contribution in [3.63, 3.8) is 0 Å². The second-order valence-corrected chi connectivity index (χ2v) is 10.5. The minimum absolute atomic E-state index is 0.0177. The number of sulfonamides is 1. The van der Waals surface area contributed by atoms with Crippen molar-refractivity contribution in [1.82, 2.24) is 9.46 Å². The molecule has 4 rings (SSSR count). The highest BCUT2D eigenvalue weighted by Gasteiger charge is 2.36. The van der Waals surface area contributed by atoms with E-state index in [1.165, 1.54) is 54.8 Å². The van der Waals surface area contributed by atoms with Gasteiger partial charge in [0.25, 0.3) is 5.69 Å². The van der Waals surface area contributed by atoms with Gasteiger partial charge >= 0.3 is 0 Å². The summed E-state index contributed by atoms with van der Waals surface area (Å²) in [4.78, 5) is 23.2. The molecular weight excluding hydrogens is 519 g/mol. The smallest absolute Gasteiger partial charge is 0.273 e. The van der Waals surface area contributed by atoms with E-state index < -0.39 is 26.7 Å². The Balaban J connectivity index is 1.45. The number of nitro benzene ring substituents is 1. The number of hydrogen-bond donors (Lipinski definition) is 1. The first-order valence-electron chi connectivity index (χ1n) is 11.6. The summed E-state index contributed by atoms with van der Waals surface area (Å²) in [6.45, 7) is 1.67. The number of carbonyl (C=O) groups excluding carboxylic acids is 1. The Bertz CT molecular complexity index is 1500. The average Bonchev–Trinajstić information content (AvgIpc) is 3.29. The number of hydrogen-bond acceptors (Lipinski definition) is 8. The number of methoxy groups -OCH3 is 1. The molecule has 2 aromatic carbocycles. The van der Waals surface area contributed by atoms with Crippen molar-refractivity contribution >= 4 is 39.5 Å². The lowest BCUT2D eigenvalue weighted by molar-refractivity contribution is -0.384. The van der Waals surface area contributed by atoms with E-state index in [9.17, 15) is 27.7 Å². The standard InChI is InChI=1S/C25H25FN4O7S/c1-16-24(22(37-28-16)10-7-17-5-3-4-6-20(17)26)38(34,35)29-13-11-18(12-14-29)25(31)27-21-9-8-19(30(32)33)15-23(21)36-2/h3-10,15,18H,11-14H2,1-2H3,(H,27,31)/b10-7+. The minimum Gasteiger partial charge on any atom is -0.494 e. The molecule has 13 heteroatoms. The number of nitro groups is 1. The van der Waals surface area contributed by atoms with E-state index in [0.29, 0.717) is 0 Å². The normalized spacial score (nSPS) is 15.0. The van der Waals surface area contributed by atoms with Crippen molar-refractivity contribution in [2.24, 2.45) is 5.92 Å². The number of rotatable bonds is 8. The topological polar surface area (TPSA) is 145 Å². The zero-order valence-corrected chi connectivity index (χ0v) is 21.4. The highest BCUT2D eigenvalue weighted by atomic mass is 32.2. The summed E-state index contributed by atoms with van der Waals surface area (Å²) in [6.07, 6.45) is 3.29. The van der Waals surface area contributed by atoms with Gasteiger partial charge in [0.15, 0.2) is 10.7 Å². The molecule has 1 amide bonds. The maximum absolute atomic E-state index is 14.0. The molecule has 0 spiro atoms. The van der Waals surface area contributed by atoms with Crippen LogP contribution in [0.3, 0.4) is 0 Å². The Kier molecular flexibility index (Phi) is 7.88. The molecule has 1 N–H and O–H groups in total. The zero-order valence-electron chi connectivity index (χ0n) is 20.6. The molecule has 0 radical (unpaired) electrons. The summed E-state index contributed by atoms with van der Waals surface area (Å²) in [5.41, 5.74) is 0.541. The third-order valence-electron chi connectivity index (χ3n) is 6.23. The summed E-state index contributed by atoms with van der Waals surface area (Å²) < 4.78 is 52.5. The fourth-order valence-electron chi connectivity index (χ4n) is 4.19. The van der Waals surface area contributed by atoms with Gasteiger partial charge in [-0.25, -0.2) is 12.8 Å². The second-order valence-electron chi connectivity index (χ2n) is 8.63. The van der Waals surface area contributed by atoms with Gasteiger partial charge in [0.1, 0.15) is 17.3 Å². The Hall–Kier alpha value is -4.10. The minimum atomic E-state index is -4.01. The number of non-ortho nitro benzene ring substituents is 1. The second kappa shape index (κ2) is 11.1. The molecule has 1 aliphatic heterocycles. The van der Waals surface area contributed by atoms with Crippen molar-refractivity contribution < 1.29 is 31.8 Å². The lowest BCUT2D eigenvalue weighted by Crippen LogP contribution is -2.41. The molecule has 1 saturated heterocycles. The first-order valence-corrected chi connectivity index (χ1v) is 13.1. The quantitative estimate of drug-likeness (QED) is 0.327. The first-order chi connectivity index (χ1) is 18.1. The van der Waals surface area contributed by atoms with E-state index >= 15 is 0 Å². The van der Waals surface area contributed by atoms with Crippen LogP contribution in [0.4, 0.5) is 15.8 Å². The number of benzene rings is 2. The monoisotopic (exact) mass is 544 g/mol. The van der Waals surface area contributed by atoms with Crippen molar-refractivity contribution in [3.05, 3.63) is 75.4 Å². The van der Waals surface area contributed by atoms with Gasteiger partial charge in [0.05, 0.1) is 23.8 Å². The maximum Gasteiger partial charge on any atom is 0.273 e. The number of amides is 1. The fourth-order valence-corrected chi connectivity index (χ4v) is 5.91. The number of piperidine rings is 1. The van der Waals surface area contributed by atoms with E-state index in [-0.39, 0.29) is 70.9 Å². The van der Waals surface area contributed by atoms with Crippen molar-refractivity contribution in [3.8, 4) is 5.75 Å². The van der Waals surface area contributed by atoms with E-state index in [0.717, 1.165) is 0 Å². The van der Waals surface area contributed by atoms with Gasteiger partial charge in [-0.2, -0.15) is 4.31 Å². The summed E-state index contributed by atoms with van der Waals surface area (Å²) in [6, 6.07) is 9.90. The van der Waals surface area contributed by atoms with Crippen LogP contribution in [0.15, 0.2) is 51.9 Å². The van der Waals surface area contributed by atoms with Crippen LogP contribution in [0.2, 0.25) is 0 Å². The highest BCUT2D eigenvalue weighted by molar-refractivity contribution is 7.89. The first kappa shape index (κ1) is 26.9. The number of nitrogens with zero attached hydrogens (tertiary/aromatic N) is 3. The molecule has 0 bridgehead atoms. The fraction of sp³-hybridized carbons (Fsp3) is 0.280. The molecule has 0 saturated carbocycles. The van der Waals surface area contributed by atoms with Crippen LogP contribution in [0.25, 0.3) is 12.2 Å². The van der Waals surface area contributed by atoms with Gasteiger partial charge in [-0.15, -0.1) is 0 Å². The number of ether oxygens (including phenoxy) is 1. The number of nitrogens with one attached hydrogen (secondary N) is 1. The SMILES string of the molecule is COc1cc([N+](=O)[O-])ccc1NC(=O)C1CCN(S(=O)(=O)c2c(C)noc2/C=C/c2ccccc2F)CC1. The molecule has 11 nitrogen and oxygen atoms in total. The Morgan fingerprint density at radius 2 is 1.95 bits per heavy atom. The predicted octanol–water partition coefficient (Wildman–Crippen LogP) is 4.25. The predicted molar refractivity (Wildman–Crippen MR) is 136 cm³/mol. The summed E-state index contributed by atoms with van der Waals surface area (Å²) in [5, 5.41) is 17.5. The molecule has 0 aliphatic carbocycles. The Labute approximate surface area is 218 Å². The number of halogens is 1. The third kappa shape index (κ3) is 5.58. The van der Waals surface area contributed by atoms with Crippen LogP contribution >= 0.6 is 0 Å². The lowest BCUT2D eigenvalue weighted by atomic mass is 9.97. The average molecular weight is 545 g/mol. The van der Waals surface area contributed by atoms with Crippen molar-refractivity contribution in [1.29, 1.82) is 0 Å². The van der Waals surface area contributed by atoms with E-state index in [2.05, 4.69) is 10.5 Å². The number of aryl methyl sites for hydroxylation is 1. The van der Waals surface area contributed by atoms with Gasteiger partial charge < -0.3 is 14.6 Å². The van der Waals surface area contributed by atoms with Crippen molar-refractivity contribution in [2.75, 3.05) is 25.5 Å². The number of aromatic nitrogens is 1. The molecular formula is C25H25FN4O7S. The van der Waals surface area contributed by atoms with Gasteiger partial charge in [-0.1, -0.05) is 23.4 Å². The Morgan fingerprint density at radius 3 is 2.61 bits per heavy atom. The lowest BCUT2D eigenvalue weighted by Gasteiger charge is -2.30. The molecule has 200 valence electrons. The van der Waals surface area contributed by atoms with Crippen LogP contribution in [-0.2, 0) is 14.8 Å². The van der Waals surface area contributed by atoms with Gasteiger partial charge in [-0.05, 0) is 44.1 Å². The largest absolute Gasteiger partial charge is 0.494 e. The number of carbonyl (C=O) groups is 1. The van der Waals surface area contributed by atoms with Crippen LogP contribution in [0.5, 0.6) is 5.75 Å². The van der Waals surface area contributed by atoms with Crippen LogP contribution in [-0.4, -0.2) is 48.9 Å². The van der Waals surface area contributed by atoms with Gasteiger partial charge in [-0.3, -0.25) is 14.9 Å². The molecule has 2 heterocycles. The van der Waals surface area contributed by atoms with Gasteiger partial charge in [0.2, 0.25) is 15.9 Å². The third-order valence-corrected chi connectivity index (χ3v) is 8.29. The van der Waals surface area contributed by atoms with E-state index in [1.807, 2.05) is 0 Å². The zero-order chi connectivity index (χ0) is 27.4. The molecule has 1 aromatic heterocycles. The molecule has 1 aliphatic rings. The Morgan fingerprint density at radius 1 is 1.24 bits per heavy atom. The maximum atomic E-state index is 14.0. The van der Waals surface area contributed by atoms with E-state index in [4.69, 9.17) is 9.26 Å². The highest BCUT2D eigenvalue weighted by Crippen LogP contribution is 2.32. The molecule has 0 unspecified atom stereocenters. The molecule has 1 fully saturated rings. The van der Waals surface area contributed by atoms with E-state index in [1.54, 1.807) is 18.2 Å². The number of anilines is 1. The van der Waals surface area contributed by atoms with Gasteiger partial charge in [0, 0.05) is 30.6 Å². The van der Waals surface area contributed by atoms with Crippen molar-refractivity contribution in [2.45, 2.75) is 24.7 Å².